The van der Waals surface area contributed by atoms with Crippen molar-refractivity contribution in [2.24, 2.45) is 21.6 Å². The van der Waals surface area contributed by atoms with Crippen molar-refractivity contribution in [1.29, 1.82) is 0 Å². The van der Waals surface area contributed by atoms with Crippen LogP contribution in [0.5, 0.6) is 5.75 Å². The van der Waals surface area contributed by atoms with Gasteiger partial charge in [-0.25, -0.2) is 32.1 Å². The lowest BCUT2D eigenvalue weighted by atomic mass is 9.81. The van der Waals surface area contributed by atoms with Crippen LogP contribution >= 0.6 is 35.0 Å². The van der Waals surface area contributed by atoms with Gasteiger partial charge in [-0.2, -0.15) is 0 Å². The Morgan fingerprint density at radius 2 is 1.81 bits per heavy atom. The van der Waals surface area contributed by atoms with Gasteiger partial charge in [0.1, 0.15) is 16.8 Å². The molecule has 0 unspecified atom stereocenters. The summed E-state index contributed by atoms with van der Waals surface area (Å²) >= 11 is 13.9. The van der Waals surface area contributed by atoms with Crippen LogP contribution in [0.1, 0.15) is 53.9 Å². The van der Waals surface area contributed by atoms with Crippen molar-refractivity contribution in [1.82, 2.24) is 14.9 Å². The molecule has 4 rings (SSSR count). The summed E-state index contributed by atoms with van der Waals surface area (Å²) in [4.78, 5) is 32.8. The molecule has 1 atom stereocenters. The van der Waals surface area contributed by atoms with Crippen molar-refractivity contribution in [3.05, 3.63) is 98.8 Å². The molecule has 278 valence electrons. The van der Waals surface area contributed by atoms with Crippen molar-refractivity contribution in [3.63, 3.8) is 0 Å². The largest absolute Gasteiger partial charge is 0.494 e. The zero-order chi connectivity index (χ0) is 38.5. The smallest absolute Gasteiger partial charge is 0.326 e. The molecule has 1 amide bonds. The quantitative estimate of drug-likeness (QED) is 0.0471. The lowest BCUT2D eigenvalue weighted by molar-refractivity contribution is -0.139. The number of carbonyl (C=O) groups excluding carboxylic acids is 1. The van der Waals surface area contributed by atoms with E-state index in [1.54, 1.807) is 16.8 Å². The van der Waals surface area contributed by atoms with Crippen LogP contribution in [-0.2, 0) is 26.0 Å². The fourth-order valence-electron chi connectivity index (χ4n) is 5.19. The molecule has 0 aliphatic heterocycles. The first kappa shape index (κ1) is 40.4. The van der Waals surface area contributed by atoms with Gasteiger partial charge in [0, 0.05) is 39.9 Å². The minimum atomic E-state index is -4.08. The lowest BCUT2D eigenvalue weighted by Crippen LogP contribution is -2.41. The van der Waals surface area contributed by atoms with Gasteiger partial charge in [0.15, 0.2) is 22.7 Å². The number of carboxylic acids is 1. The Bertz CT molecular complexity index is 2120. The molecule has 19 heteroatoms. The number of hydrogen-bond acceptors (Lipinski definition) is 8. The normalized spacial score (nSPS) is 12.3. The molecule has 0 radical (unpaired) electrons. The van der Waals surface area contributed by atoms with E-state index in [4.69, 9.17) is 44.5 Å². The molecule has 4 aromatic rings. The minimum Gasteiger partial charge on any atom is -0.494 e. The van der Waals surface area contributed by atoms with Crippen LogP contribution in [0.25, 0.3) is 5.69 Å². The van der Waals surface area contributed by atoms with Gasteiger partial charge in [-0.15, -0.1) is 0 Å². The predicted molar refractivity (Wildman–Crippen MR) is 195 cm³/mol. The summed E-state index contributed by atoms with van der Waals surface area (Å²) in [5.74, 6) is -3.84. The Labute approximate surface area is 312 Å². The number of nitrogens with two attached hydrogens (primary N) is 3. The fourth-order valence-corrected chi connectivity index (χ4v) is 7.67. The molecule has 0 spiro atoms. The van der Waals surface area contributed by atoms with Crippen molar-refractivity contribution in [2.75, 3.05) is 13.7 Å². The predicted octanol–water partition coefficient (Wildman–Crippen LogP) is 4.97. The first-order valence-electron chi connectivity index (χ1n) is 15.3. The maximum absolute atomic E-state index is 15.5. The third kappa shape index (κ3) is 9.32. The number of carboxylic acid groups (broad SMARTS) is 1. The number of amides is 1. The first-order valence-corrected chi connectivity index (χ1v) is 18.6. The number of sulfonamides is 1. The molecule has 0 saturated carbocycles. The van der Waals surface area contributed by atoms with Gasteiger partial charge in [0.2, 0.25) is 10.0 Å². The van der Waals surface area contributed by atoms with Gasteiger partial charge in [-0.05, 0) is 54.8 Å². The Kier molecular flexibility index (Phi) is 12.8. The molecule has 0 aliphatic rings. The molecule has 3 aromatic carbocycles. The number of benzene rings is 3. The summed E-state index contributed by atoms with van der Waals surface area (Å²) in [7, 11) is -2.77. The summed E-state index contributed by atoms with van der Waals surface area (Å²) < 4.78 is 60.9. The second kappa shape index (κ2) is 16.5. The topological polar surface area (TPSA) is 218 Å². The Morgan fingerprint density at radius 3 is 2.40 bits per heavy atom. The summed E-state index contributed by atoms with van der Waals surface area (Å²) in [6, 6.07) is 9.44. The van der Waals surface area contributed by atoms with E-state index in [1.807, 2.05) is 13.8 Å². The molecule has 0 saturated heterocycles. The zero-order valence-electron chi connectivity index (χ0n) is 28.0. The van der Waals surface area contributed by atoms with E-state index in [0.717, 1.165) is 17.8 Å². The number of aliphatic carboxylic acids is 1. The molecular formula is C33H35Cl2F2N7O6S2. The van der Waals surface area contributed by atoms with Crippen LogP contribution in [0.4, 0.5) is 8.78 Å². The molecule has 52 heavy (non-hydrogen) atoms. The van der Waals surface area contributed by atoms with Crippen LogP contribution in [0.3, 0.4) is 0 Å². The summed E-state index contributed by atoms with van der Waals surface area (Å²) in [5.41, 5.74) is 11.1. The maximum Gasteiger partial charge on any atom is 0.326 e. The molecular weight excluding hydrogens is 763 g/mol. The van der Waals surface area contributed by atoms with E-state index >= 15 is 4.39 Å². The minimum absolute atomic E-state index is 0.0160. The van der Waals surface area contributed by atoms with E-state index < -0.39 is 45.0 Å². The Morgan fingerprint density at radius 1 is 1.10 bits per heavy atom. The highest BCUT2D eigenvalue weighted by Gasteiger charge is 2.31. The Hall–Kier alpha value is -4.42. The van der Waals surface area contributed by atoms with Gasteiger partial charge < -0.3 is 26.6 Å². The molecule has 0 bridgehead atoms. The summed E-state index contributed by atoms with van der Waals surface area (Å²) in [5, 5.41) is 17.4. The second-order valence-electron chi connectivity index (χ2n) is 11.9. The van der Waals surface area contributed by atoms with Crippen LogP contribution in [0.2, 0.25) is 10.0 Å². The zero-order valence-corrected chi connectivity index (χ0v) is 31.1. The number of halogens is 4. The average Bonchev–Trinajstić information content (AvgIpc) is 3.49. The number of primary sulfonamides is 1. The number of rotatable bonds is 15. The highest BCUT2D eigenvalue weighted by atomic mass is 35.5. The van der Waals surface area contributed by atoms with Crippen LogP contribution in [0.15, 0.2) is 69.8 Å². The molecule has 1 heterocycles. The number of imidazole rings is 1. The van der Waals surface area contributed by atoms with Crippen LogP contribution in [0, 0.1) is 11.6 Å². The highest BCUT2D eigenvalue weighted by Crippen LogP contribution is 2.39. The Balaban J connectivity index is 1.66. The fraction of sp³-hybridized carbons (Fsp3) is 0.273. The average molecular weight is 799 g/mol. The monoisotopic (exact) mass is 797 g/mol. The van der Waals surface area contributed by atoms with E-state index in [2.05, 4.69) is 15.3 Å². The number of ether oxygens (including phenoxy) is 1. The van der Waals surface area contributed by atoms with Gasteiger partial charge in [-0.3, -0.25) is 14.4 Å². The summed E-state index contributed by atoms with van der Waals surface area (Å²) in [6.45, 7) is 3.85. The van der Waals surface area contributed by atoms with Gasteiger partial charge in [-0.1, -0.05) is 54.9 Å². The molecule has 0 aliphatic carbocycles. The van der Waals surface area contributed by atoms with Gasteiger partial charge in [0.05, 0.1) is 29.7 Å². The third-order valence-corrected chi connectivity index (χ3v) is 10.7. The van der Waals surface area contributed by atoms with E-state index in [9.17, 15) is 27.5 Å². The molecule has 8 N–H and O–H groups in total. The lowest BCUT2D eigenvalue weighted by Gasteiger charge is -2.28. The van der Waals surface area contributed by atoms with Gasteiger partial charge in [0.25, 0.3) is 5.91 Å². The van der Waals surface area contributed by atoms with Crippen molar-refractivity contribution in [2.45, 2.75) is 54.0 Å². The van der Waals surface area contributed by atoms with Crippen molar-refractivity contribution < 1.29 is 36.6 Å². The van der Waals surface area contributed by atoms with Gasteiger partial charge >= 0.3 is 5.97 Å². The second-order valence-corrected chi connectivity index (χ2v) is 15.2. The molecule has 1 aromatic heterocycles. The van der Waals surface area contributed by atoms with E-state index in [-0.39, 0.29) is 62.9 Å². The number of methoxy groups -OCH3 is 1. The number of thioether (sulfide) groups is 1. The molecule has 13 nitrogen and oxygen atoms in total. The molecule has 0 fully saturated rings. The number of carbonyl (C=O) groups is 2. The number of hydrogen-bond donors (Lipinski definition) is 5. The maximum atomic E-state index is 15.5. The number of nitrogens with one attached hydrogen (secondary N) is 1. The van der Waals surface area contributed by atoms with Crippen LogP contribution in [-0.4, -0.2) is 60.6 Å². The van der Waals surface area contributed by atoms with Crippen molar-refractivity contribution in [3.8, 4) is 11.4 Å². The number of aliphatic imine (C=N–C) groups is 1. The number of guanidine groups is 1. The van der Waals surface area contributed by atoms with E-state index in [1.165, 1.54) is 43.5 Å². The third-order valence-electron chi connectivity index (χ3n) is 8.02. The standard InChI is InChI=1S/C33H35Cl2F2N7O6S2/c1-33(2,18-6-9-27(22(35)13-18)52(40,48)49)28-15-42-32(44(28)19-7-8-23(36)26(14-19)50-3)51-16-20-21(34)11-17(12-24(20)37)29(45)43-25(30(46)47)5-4-10-41-31(38)39/h6-9,11-15,25H,4-5,10,16H2,1-3H3,(H,43,45)(H,46,47)(H4,38,39,41)(H2,40,48,49)/t25-/m1/s1. The van der Waals surface area contributed by atoms with Crippen LogP contribution < -0.4 is 26.7 Å². The van der Waals surface area contributed by atoms with E-state index in [0.29, 0.717) is 22.1 Å². The highest BCUT2D eigenvalue weighted by molar-refractivity contribution is 7.98. The summed E-state index contributed by atoms with van der Waals surface area (Å²) in [6.07, 6.45) is 1.85. The number of nitrogens with zero attached hydrogens (tertiary/aromatic N) is 3. The SMILES string of the molecule is COc1cc(-n2c(C(C)(C)c3ccc(S(N)(=O)=O)c(Cl)c3)cnc2SCc2c(F)cc(C(=O)N[C@H](CCCN=C(N)N)C(=O)O)cc2Cl)ccc1F. The van der Waals surface area contributed by atoms with Crippen molar-refractivity contribution >= 4 is 62.8 Å². The first-order chi connectivity index (χ1) is 24.3. The number of aromatic nitrogens is 2.